The number of hydrogen-bond acceptors (Lipinski definition) is 4. The quantitative estimate of drug-likeness (QED) is 0.657. The van der Waals surface area contributed by atoms with Gasteiger partial charge < -0.3 is 10.2 Å². The van der Waals surface area contributed by atoms with Gasteiger partial charge in [-0.3, -0.25) is 14.7 Å². The van der Waals surface area contributed by atoms with Crippen LogP contribution in [0.15, 0.2) is 53.4 Å². The minimum Gasteiger partial charge on any atom is -0.356 e. The van der Waals surface area contributed by atoms with Gasteiger partial charge in [-0.2, -0.15) is 16.4 Å². The molecular formula is C22H24N4O2S. The van der Waals surface area contributed by atoms with Gasteiger partial charge in [-0.25, -0.2) is 0 Å². The summed E-state index contributed by atoms with van der Waals surface area (Å²) in [6.45, 7) is 3.46. The van der Waals surface area contributed by atoms with Crippen LogP contribution in [-0.4, -0.2) is 46.5 Å². The molecule has 1 fully saturated rings. The molecule has 3 aromatic rings. The van der Waals surface area contributed by atoms with Crippen molar-refractivity contribution in [2.45, 2.75) is 19.8 Å². The molecule has 1 aromatic carbocycles. The number of carbonyl (C=O) groups is 2. The number of aromatic amines is 1. The minimum absolute atomic E-state index is 0.0156. The lowest BCUT2D eigenvalue weighted by molar-refractivity contribution is -0.130. The summed E-state index contributed by atoms with van der Waals surface area (Å²) in [6.07, 6.45) is 2.82. The van der Waals surface area contributed by atoms with Crippen molar-refractivity contribution in [3.63, 3.8) is 0 Å². The first-order valence-electron chi connectivity index (χ1n) is 9.80. The molecule has 2 N–H and O–H groups in total. The van der Waals surface area contributed by atoms with Crippen LogP contribution in [0, 0.1) is 5.41 Å². The normalized spacial score (nSPS) is 18.7. The maximum absolute atomic E-state index is 13.0. The van der Waals surface area contributed by atoms with Crippen molar-refractivity contribution in [1.29, 1.82) is 0 Å². The average Bonchev–Trinajstić information content (AvgIpc) is 3.50. The topological polar surface area (TPSA) is 78.1 Å². The zero-order chi connectivity index (χ0) is 20.3. The van der Waals surface area contributed by atoms with Crippen molar-refractivity contribution in [2.75, 3.05) is 19.6 Å². The maximum Gasteiger partial charge on any atom is 0.271 e. The summed E-state index contributed by atoms with van der Waals surface area (Å²) >= 11 is 1.68. The lowest BCUT2D eigenvalue weighted by Gasteiger charge is -2.28. The van der Waals surface area contributed by atoms with E-state index < -0.39 is 5.41 Å². The summed E-state index contributed by atoms with van der Waals surface area (Å²) in [5.74, 6) is -0.0942. The first kappa shape index (κ1) is 19.4. The Morgan fingerprint density at radius 1 is 1.21 bits per heavy atom. The fourth-order valence-electron chi connectivity index (χ4n) is 3.98. The number of carbonyl (C=O) groups excluding carboxylic acids is 2. The second kappa shape index (κ2) is 8.21. The standard InChI is InChI=1S/C22H24N4O2S/c1-2-23-21(28)22(9-11-26(15-22)20(27)19-7-10-24-25-19)13-16-3-5-17(6-4-16)18-8-12-29-14-18/h3-8,10,12,14H,2,9,11,13,15H2,1H3,(H,23,28)(H,24,25)/t22-/m1/s1. The van der Waals surface area contributed by atoms with Crippen LogP contribution in [0.2, 0.25) is 0 Å². The van der Waals surface area contributed by atoms with E-state index in [4.69, 9.17) is 0 Å². The molecule has 2 amide bonds. The van der Waals surface area contributed by atoms with Crippen LogP contribution in [0.5, 0.6) is 0 Å². The van der Waals surface area contributed by atoms with Gasteiger partial charge in [0.05, 0.1) is 5.41 Å². The van der Waals surface area contributed by atoms with Crippen LogP contribution < -0.4 is 5.32 Å². The third-order valence-electron chi connectivity index (χ3n) is 5.54. The predicted octanol–water partition coefficient (Wildman–Crippen LogP) is 3.35. The molecule has 0 unspecified atom stereocenters. The van der Waals surface area contributed by atoms with Gasteiger partial charge >= 0.3 is 0 Å². The van der Waals surface area contributed by atoms with Gasteiger partial charge in [0.1, 0.15) is 5.69 Å². The molecule has 0 bridgehead atoms. The Balaban J connectivity index is 1.54. The van der Waals surface area contributed by atoms with E-state index in [0.29, 0.717) is 38.2 Å². The molecule has 1 atom stereocenters. The van der Waals surface area contributed by atoms with Gasteiger partial charge in [-0.15, -0.1) is 0 Å². The molecule has 2 aromatic heterocycles. The number of nitrogens with zero attached hydrogens (tertiary/aromatic N) is 2. The molecule has 0 radical (unpaired) electrons. The minimum atomic E-state index is -0.615. The Kier molecular flexibility index (Phi) is 5.49. The Bertz CT molecular complexity index is 967. The molecule has 0 saturated carbocycles. The SMILES string of the molecule is CCNC(=O)[C@@]1(Cc2ccc(-c3ccsc3)cc2)CCN(C(=O)c2ccn[nH]2)C1. The van der Waals surface area contributed by atoms with Crippen molar-refractivity contribution in [3.05, 3.63) is 64.6 Å². The third kappa shape index (κ3) is 3.96. The highest BCUT2D eigenvalue weighted by molar-refractivity contribution is 7.08. The molecule has 4 rings (SSSR count). The second-order valence-corrected chi connectivity index (χ2v) is 8.25. The fraction of sp³-hybridized carbons (Fsp3) is 0.318. The highest BCUT2D eigenvalue weighted by Crippen LogP contribution is 2.36. The van der Waals surface area contributed by atoms with E-state index in [-0.39, 0.29) is 11.8 Å². The lowest BCUT2D eigenvalue weighted by atomic mass is 9.79. The number of H-pyrrole nitrogens is 1. The summed E-state index contributed by atoms with van der Waals surface area (Å²) < 4.78 is 0. The highest BCUT2D eigenvalue weighted by atomic mass is 32.1. The first-order chi connectivity index (χ1) is 14.1. The summed E-state index contributed by atoms with van der Waals surface area (Å²) in [5.41, 5.74) is 3.32. The number of benzene rings is 1. The van der Waals surface area contributed by atoms with Crippen molar-refractivity contribution < 1.29 is 9.59 Å². The number of likely N-dealkylation sites (tertiary alicyclic amines) is 1. The smallest absolute Gasteiger partial charge is 0.271 e. The molecule has 150 valence electrons. The molecule has 6 nitrogen and oxygen atoms in total. The van der Waals surface area contributed by atoms with E-state index in [0.717, 1.165) is 5.56 Å². The lowest BCUT2D eigenvalue weighted by Crippen LogP contribution is -2.45. The third-order valence-corrected chi connectivity index (χ3v) is 6.23. The summed E-state index contributed by atoms with van der Waals surface area (Å²) in [5, 5.41) is 13.8. The van der Waals surface area contributed by atoms with E-state index >= 15 is 0 Å². The molecule has 1 saturated heterocycles. The van der Waals surface area contributed by atoms with Gasteiger partial charge in [0.25, 0.3) is 5.91 Å². The zero-order valence-electron chi connectivity index (χ0n) is 16.4. The molecule has 1 aliphatic heterocycles. The summed E-state index contributed by atoms with van der Waals surface area (Å²) in [4.78, 5) is 27.5. The Morgan fingerprint density at radius 3 is 2.69 bits per heavy atom. The van der Waals surface area contributed by atoms with Crippen LogP contribution in [-0.2, 0) is 11.2 Å². The summed E-state index contributed by atoms with van der Waals surface area (Å²) in [7, 11) is 0. The molecule has 29 heavy (non-hydrogen) atoms. The van der Waals surface area contributed by atoms with E-state index in [9.17, 15) is 9.59 Å². The molecule has 1 aliphatic rings. The van der Waals surface area contributed by atoms with E-state index in [1.807, 2.05) is 6.92 Å². The van der Waals surface area contributed by atoms with Gasteiger partial charge in [0.15, 0.2) is 0 Å². The molecule has 3 heterocycles. The van der Waals surface area contributed by atoms with E-state index in [1.54, 1.807) is 28.5 Å². The second-order valence-electron chi connectivity index (χ2n) is 7.47. The van der Waals surface area contributed by atoms with Gasteiger partial charge in [0.2, 0.25) is 5.91 Å². The Hall–Kier alpha value is -2.93. The Morgan fingerprint density at radius 2 is 2.03 bits per heavy atom. The van der Waals surface area contributed by atoms with Crippen LogP contribution in [0.1, 0.15) is 29.4 Å². The molecular weight excluding hydrogens is 384 g/mol. The van der Waals surface area contributed by atoms with Crippen molar-refractivity contribution in [3.8, 4) is 11.1 Å². The number of nitrogens with one attached hydrogen (secondary N) is 2. The van der Waals surface area contributed by atoms with Crippen molar-refractivity contribution >= 4 is 23.2 Å². The van der Waals surface area contributed by atoms with Crippen LogP contribution >= 0.6 is 11.3 Å². The zero-order valence-corrected chi connectivity index (χ0v) is 17.2. The van der Waals surface area contributed by atoms with Gasteiger partial charge in [-0.05, 0) is 59.3 Å². The highest BCUT2D eigenvalue weighted by Gasteiger charge is 2.46. The predicted molar refractivity (Wildman–Crippen MR) is 114 cm³/mol. The first-order valence-corrected chi connectivity index (χ1v) is 10.7. The van der Waals surface area contributed by atoms with Gasteiger partial charge in [0, 0.05) is 25.8 Å². The summed E-state index contributed by atoms with van der Waals surface area (Å²) in [6, 6.07) is 12.2. The molecule has 0 spiro atoms. The number of rotatable bonds is 6. The fourth-order valence-corrected chi connectivity index (χ4v) is 4.65. The van der Waals surface area contributed by atoms with Crippen LogP contribution in [0.4, 0.5) is 0 Å². The van der Waals surface area contributed by atoms with E-state index in [2.05, 4.69) is 56.6 Å². The largest absolute Gasteiger partial charge is 0.356 e. The van der Waals surface area contributed by atoms with Gasteiger partial charge in [-0.1, -0.05) is 24.3 Å². The molecule has 0 aliphatic carbocycles. The van der Waals surface area contributed by atoms with Crippen molar-refractivity contribution in [1.82, 2.24) is 20.4 Å². The van der Waals surface area contributed by atoms with Crippen molar-refractivity contribution in [2.24, 2.45) is 5.41 Å². The average molecular weight is 409 g/mol. The molecule has 7 heteroatoms. The monoisotopic (exact) mass is 408 g/mol. The van der Waals surface area contributed by atoms with Crippen LogP contribution in [0.25, 0.3) is 11.1 Å². The number of aromatic nitrogens is 2. The number of amides is 2. The number of thiophene rings is 1. The van der Waals surface area contributed by atoms with Crippen LogP contribution in [0.3, 0.4) is 0 Å². The maximum atomic E-state index is 13.0. The Labute approximate surface area is 173 Å². The van der Waals surface area contributed by atoms with E-state index in [1.165, 1.54) is 11.1 Å². The number of hydrogen-bond donors (Lipinski definition) is 2.